The minimum atomic E-state index is -0.680. The van der Waals surface area contributed by atoms with Crippen molar-refractivity contribution in [2.24, 2.45) is 0 Å². The zero-order valence-corrected chi connectivity index (χ0v) is 24.4. The first kappa shape index (κ1) is 27.5. The number of pyridine rings is 1. The van der Waals surface area contributed by atoms with Gasteiger partial charge < -0.3 is 4.74 Å². The fourth-order valence-electron chi connectivity index (χ4n) is 5.84. The fourth-order valence-corrected chi connectivity index (χ4v) is 5.84. The van der Waals surface area contributed by atoms with Crippen LogP contribution in [0.2, 0.25) is 0 Å². The normalized spacial score (nSPS) is 11.6. The molecule has 0 saturated heterocycles. The Morgan fingerprint density at radius 3 is 2.30 bits per heavy atom. The van der Waals surface area contributed by atoms with E-state index in [1.807, 2.05) is 48.7 Å². The molecule has 7 aromatic rings. The molecule has 4 aromatic carbocycles. The highest BCUT2D eigenvalue weighted by Crippen LogP contribution is 2.36. The average molecular weight is 585 g/mol. The molecule has 44 heavy (non-hydrogen) atoms. The Kier molecular flexibility index (Phi) is 7.14. The van der Waals surface area contributed by atoms with Crippen LogP contribution in [0.25, 0.3) is 44.4 Å². The van der Waals surface area contributed by atoms with E-state index in [9.17, 15) is 8.78 Å². The molecule has 0 unspecified atom stereocenters. The summed E-state index contributed by atoms with van der Waals surface area (Å²) in [5, 5.41) is 6.76. The average Bonchev–Trinajstić information content (AvgIpc) is 3.67. The zero-order chi connectivity index (χ0) is 30.2. The summed E-state index contributed by atoms with van der Waals surface area (Å²) in [6.07, 6.45) is 5.29. The van der Waals surface area contributed by atoms with Crippen LogP contribution in [0, 0.1) is 0 Å². The molecular formula is C37H30F2N4O. The minimum Gasteiger partial charge on any atom is -0.457 e. The predicted molar refractivity (Wildman–Crippen MR) is 171 cm³/mol. The Morgan fingerprint density at radius 2 is 1.50 bits per heavy atom. The second-order valence-electron chi connectivity index (χ2n) is 11.1. The number of para-hydroxylation sites is 1. The number of fused-ring (bicyclic) bond motifs is 3. The van der Waals surface area contributed by atoms with Crippen LogP contribution < -0.4 is 4.74 Å². The summed E-state index contributed by atoms with van der Waals surface area (Å²) >= 11 is 0. The smallest absolute Gasteiger partial charge is 0.137 e. The van der Waals surface area contributed by atoms with Crippen molar-refractivity contribution < 1.29 is 13.5 Å². The molecule has 0 atom stereocenters. The first-order chi connectivity index (χ1) is 21.5. The number of aromatic nitrogens is 4. The van der Waals surface area contributed by atoms with Gasteiger partial charge in [0.05, 0.1) is 22.9 Å². The van der Waals surface area contributed by atoms with Gasteiger partial charge in [0.1, 0.15) is 30.7 Å². The van der Waals surface area contributed by atoms with E-state index in [-0.39, 0.29) is 0 Å². The Balaban J connectivity index is 1.25. The quantitative estimate of drug-likeness (QED) is 0.179. The molecule has 0 N–H and O–H groups in total. The Hall–Kier alpha value is -5.30. The van der Waals surface area contributed by atoms with Gasteiger partial charge in [-0.3, -0.25) is 4.57 Å². The van der Waals surface area contributed by atoms with Crippen molar-refractivity contribution in [1.29, 1.82) is 0 Å². The fraction of sp³-hybridized carbons (Fsp3) is 0.135. The molecule has 0 aliphatic heterocycles. The number of hydrogen-bond donors (Lipinski definition) is 0. The SMILES string of the molecule is CC(C)c1ccnc(-n2c3ccccc3c3ccc(Oc4cccc(-n5cc(-c6c(CF)cccc6CF)cn5)c4)cc32)c1. The maximum atomic E-state index is 13.7. The second-order valence-corrected chi connectivity index (χ2v) is 11.1. The second kappa shape index (κ2) is 11.4. The molecule has 0 amide bonds. The number of benzene rings is 4. The molecule has 0 spiro atoms. The summed E-state index contributed by atoms with van der Waals surface area (Å²) in [5.41, 5.74) is 6.15. The van der Waals surface area contributed by atoms with E-state index in [2.05, 4.69) is 59.9 Å². The minimum absolute atomic E-state index is 0.381. The monoisotopic (exact) mass is 584 g/mol. The first-order valence-electron chi connectivity index (χ1n) is 14.6. The highest BCUT2D eigenvalue weighted by Gasteiger charge is 2.16. The van der Waals surface area contributed by atoms with Crippen LogP contribution in [-0.4, -0.2) is 19.3 Å². The van der Waals surface area contributed by atoms with Crippen LogP contribution in [0.4, 0.5) is 8.78 Å². The van der Waals surface area contributed by atoms with Gasteiger partial charge in [0.15, 0.2) is 0 Å². The number of nitrogens with zero attached hydrogens (tertiary/aromatic N) is 4. The van der Waals surface area contributed by atoms with Gasteiger partial charge >= 0.3 is 0 Å². The topological polar surface area (TPSA) is 44.9 Å². The van der Waals surface area contributed by atoms with Crippen LogP contribution in [0.3, 0.4) is 0 Å². The van der Waals surface area contributed by atoms with Crippen molar-refractivity contribution in [3.8, 4) is 34.1 Å². The van der Waals surface area contributed by atoms with E-state index in [1.54, 1.807) is 35.3 Å². The van der Waals surface area contributed by atoms with Crippen LogP contribution in [0.5, 0.6) is 11.5 Å². The van der Waals surface area contributed by atoms with Gasteiger partial charge in [0.25, 0.3) is 0 Å². The third kappa shape index (κ3) is 4.90. The number of hydrogen-bond acceptors (Lipinski definition) is 3. The molecule has 0 saturated carbocycles. The van der Waals surface area contributed by atoms with E-state index >= 15 is 0 Å². The summed E-state index contributed by atoms with van der Waals surface area (Å²) in [5.74, 6) is 2.56. The molecule has 0 fully saturated rings. The molecule has 3 heterocycles. The lowest BCUT2D eigenvalue weighted by molar-refractivity contribution is 0.476. The Labute approximate surface area is 254 Å². The maximum absolute atomic E-state index is 13.7. The molecule has 218 valence electrons. The molecule has 7 rings (SSSR count). The maximum Gasteiger partial charge on any atom is 0.137 e. The lowest BCUT2D eigenvalue weighted by Gasteiger charge is -2.12. The van der Waals surface area contributed by atoms with Crippen LogP contribution in [0.1, 0.15) is 36.5 Å². The van der Waals surface area contributed by atoms with Gasteiger partial charge in [-0.15, -0.1) is 0 Å². The molecule has 0 bridgehead atoms. The van der Waals surface area contributed by atoms with Gasteiger partial charge in [-0.05, 0) is 70.6 Å². The van der Waals surface area contributed by atoms with E-state index in [0.29, 0.717) is 39.7 Å². The van der Waals surface area contributed by atoms with Gasteiger partial charge in [0.2, 0.25) is 0 Å². The molecule has 5 nitrogen and oxygen atoms in total. The third-order valence-corrected chi connectivity index (χ3v) is 8.02. The van der Waals surface area contributed by atoms with E-state index in [4.69, 9.17) is 9.72 Å². The molecule has 0 aliphatic rings. The van der Waals surface area contributed by atoms with E-state index in [0.717, 1.165) is 33.3 Å². The van der Waals surface area contributed by atoms with Gasteiger partial charge in [0, 0.05) is 40.9 Å². The largest absolute Gasteiger partial charge is 0.457 e. The van der Waals surface area contributed by atoms with Gasteiger partial charge in [-0.1, -0.05) is 56.3 Å². The summed E-state index contributed by atoms with van der Waals surface area (Å²) in [6, 6.07) is 31.3. The van der Waals surface area contributed by atoms with Crippen LogP contribution in [0.15, 0.2) is 116 Å². The third-order valence-electron chi connectivity index (χ3n) is 8.02. The summed E-state index contributed by atoms with van der Waals surface area (Å²) in [7, 11) is 0. The molecule has 7 heteroatoms. The highest BCUT2D eigenvalue weighted by atomic mass is 19.1. The molecule has 0 radical (unpaired) electrons. The Bertz CT molecular complexity index is 2110. The van der Waals surface area contributed by atoms with Crippen molar-refractivity contribution in [2.45, 2.75) is 33.1 Å². The number of rotatable bonds is 8. The number of ether oxygens (including phenoxy) is 1. The number of alkyl halides is 2. The summed E-state index contributed by atoms with van der Waals surface area (Å²) in [4.78, 5) is 4.74. The van der Waals surface area contributed by atoms with Crippen LogP contribution in [-0.2, 0) is 13.3 Å². The van der Waals surface area contributed by atoms with E-state index in [1.165, 1.54) is 5.56 Å². The predicted octanol–water partition coefficient (Wildman–Crippen LogP) is 9.89. The lowest BCUT2D eigenvalue weighted by atomic mass is 9.97. The standard InChI is InChI=1S/C37H30F2N4O/c1-24(2)25-15-16-40-36(17-25)43-34-12-4-3-11-32(34)33-14-13-31(19-35(33)43)44-30-10-6-9-29(18-30)42-23-28(22-41-42)37-26(20-38)7-5-8-27(37)21-39/h3-19,22-24H,20-21H2,1-2H3. The van der Waals surface area contributed by atoms with Crippen LogP contribution >= 0.6 is 0 Å². The van der Waals surface area contributed by atoms with Gasteiger partial charge in [-0.2, -0.15) is 5.10 Å². The van der Waals surface area contributed by atoms with Crippen molar-refractivity contribution in [3.05, 3.63) is 132 Å². The lowest BCUT2D eigenvalue weighted by Crippen LogP contribution is -1.99. The van der Waals surface area contributed by atoms with Crippen molar-refractivity contribution >= 4 is 21.8 Å². The number of halogens is 2. The molecular weight excluding hydrogens is 554 g/mol. The first-order valence-corrected chi connectivity index (χ1v) is 14.6. The zero-order valence-electron chi connectivity index (χ0n) is 24.4. The molecule has 3 aromatic heterocycles. The van der Waals surface area contributed by atoms with Gasteiger partial charge in [-0.25, -0.2) is 18.4 Å². The van der Waals surface area contributed by atoms with Crippen molar-refractivity contribution in [3.63, 3.8) is 0 Å². The Morgan fingerprint density at radius 1 is 0.750 bits per heavy atom. The molecule has 0 aliphatic carbocycles. The summed E-state index contributed by atoms with van der Waals surface area (Å²) < 4.78 is 37.7. The summed E-state index contributed by atoms with van der Waals surface area (Å²) in [6.45, 7) is 3.00. The van der Waals surface area contributed by atoms with Crippen molar-refractivity contribution in [1.82, 2.24) is 19.3 Å². The van der Waals surface area contributed by atoms with Crippen molar-refractivity contribution in [2.75, 3.05) is 0 Å². The van der Waals surface area contributed by atoms with E-state index < -0.39 is 13.3 Å². The highest BCUT2D eigenvalue weighted by molar-refractivity contribution is 6.09.